The second kappa shape index (κ2) is 8.63. The fourth-order valence-electron chi connectivity index (χ4n) is 2.24. The number of ether oxygens (including phenoxy) is 1. The molecule has 1 amide bonds. The number of rotatable bonds is 7. The lowest BCUT2D eigenvalue weighted by atomic mass is 10.1. The summed E-state index contributed by atoms with van der Waals surface area (Å²) in [5, 5.41) is 2.80. The van der Waals surface area contributed by atoms with Gasteiger partial charge in [-0.15, -0.1) is 11.8 Å². The summed E-state index contributed by atoms with van der Waals surface area (Å²) in [5.41, 5.74) is 3.22. The molecule has 1 unspecified atom stereocenters. The zero-order valence-electron chi connectivity index (χ0n) is 13.8. The Morgan fingerprint density at radius 3 is 2.43 bits per heavy atom. The van der Waals surface area contributed by atoms with Gasteiger partial charge >= 0.3 is 0 Å². The third-order valence-corrected chi connectivity index (χ3v) is 4.44. The average Bonchev–Trinajstić information content (AvgIpc) is 2.51. The summed E-state index contributed by atoms with van der Waals surface area (Å²) in [6.07, 6.45) is 0. The van der Waals surface area contributed by atoms with E-state index in [-0.39, 0.29) is 11.2 Å². The molecule has 2 aromatic carbocycles. The number of para-hydroxylation sites is 1. The van der Waals surface area contributed by atoms with Crippen LogP contribution in [0.1, 0.15) is 18.1 Å². The van der Waals surface area contributed by atoms with E-state index in [1.54, 1.807) is 11.8 Å². The van der Waals surface area contributed by atoms with Gasteiger partial charge in [0.2, 0.25) is 5.91 Å². The van der Waals surface area contributed by atoms with E-state index in [0.29, 0.717) is 6.61 Å². The van der Waals surface area contributed by atoms with Crippen LogP contribution in [0.3, 0.4) is 0 Å². The molecule has 23 heavy (non-hydrogen) atoms. The van der Waals surface area contributed by atoms with Gasteiger partial charge in [-0.25, -0.2) is 0 Å². The predicted molar refractivity (Wildman–Crippen MR) is 98.4 cm³/mol. The Morgan fingerprint density at radius 2 is 1.78 bits per heavy atom. The van der Waals surface area contributed by atoms with Crippen LogP contribution in [0.4, 0.5) is 5.69 Å². The zero-order chi connectivity index (χ0) is 16.7. The number of anilines is 1. The topological polar surface area (TPSA) is 38.3 Å². The Bertz CT molecular complexity index is 623. The van der Waals surface area contributed by atoms with E-state index in [0.717, 1.165) is 17.2 Å². The highest BCUT2D eigenvalue weighted by Crippen LogP contribution is 2.18. The SMILES string of the molecule is Cc1cc(C)cc(OCCSC(C)C(=O)Nc2ccccc2)c1. The van der Waals surface area contributed by atoms with Gasteiger partial charge in [-0.2, -0.15) is 0 Å². The molecule has 0 saturated heterocycles. The first kappa shape index (κ1) is 17.4. The first-order valence-corrected chi connectivity index (χ1v) is 8.78. The normalized spacial score (nSPS) is 11.8. The van der Waals surface area contributed by atoms with Gasteiger partial charge in [-0.1, -0.05) is 24.3 Å². The Morgan fingerprint density at radius 1 is 1.13 bits per heavy atom. The first-order chi connectivity index (χ1) is 11.0. The van der Waals surface area contributed by atoms with Crippen molar-refractivity contribution in [1.82, 2.24) is 0 Å². The summed E-state index contributed by atoms with van der Waals surface area (Å²) in [7, 11) is 0. The van der Waals surface area contributed by atoms with Gasteiger partial charge in [0.1, 0.15) is 5.75 Å². The molecule has 0 radical (unpaired) electrons. The number of hydrogen-bond donors (Lipinski definition) is 1. The monoisotopic (exact) mass is 329 g/mol. The number of nitrogens with one attached hydrogen (secondary N) is 1. The molecule has 4 heteroatoms. The molecule has 3 nitrogen and oxygen atoms in total. The van der Waals surface area contributed by atoms with Gasteiger partial charge < -0.3 is 10.1 Å². The van der Waals surface area contributed by atoms with Crippen LogP contribution in [-0.4, -0.2) is 23.5 Å². The van der Waals surface area contributed by atoms with Crippen molar-refractivity contribution in [3.63, 3.8) is 0 Å². The molecule has 1 N–H and O–H groups in total. The van der Waals surface area contributed by atoms with E-state index in [2.05, 4.69) is 25.2 Å². The largest absolute Gasteiger partial charge is 0.493 e. The summed E-state index contributed by atoms with van der Waals surface area (Å²) < 4.78 is 5.76. The lowest BCUT2D eigenvalue weighted by Crippen LogP contribution is -2.23. The van der Waals surface area contributed by atoms with Crippen molar-refractivity contribution in [2.45, 2.75) is 26.0 Å². The molecule has 0 heterocycles. The number of aryl methyl sites for hydroxylation is 2. The maximum Gasteiger partial charge on any atom is 0.237 e. The zero-order valence-corrected chi connectivity index (χ0v) is 14.7. The van der Waals surface area contributed by atoms with Crippen molar-refractivity contribution < 1.29 is 9.53 Å². The Labute approximate surface area is 142 Å². The molecule has 0 saturated carbocycles. The molecule has 0 spiro atoms. The lowest BCUT2D eigenvalue weighted by molar-refractivity contribution is -0.115. The van der Waals surface area contributed by atoms with Gasteiger partial charge in [-0.3, -0.25) is 4.79 Å². The fourth-order valence-corrected chi connectivity index (χ4v) is 2.99. The summed E-state index contributed by atoms with van der Waals surface area (Å²) in [5.74, 6) is 1.69. The van der Waals surface area contributed by atoms with Gasteiger partial charge in [0.25, 0.3) is 0 Å². The first-order valence-electron chi connectivity index (χ1n) is 7.73. The van der Waals surface area contributed by atoms with Gasteiger partial charge in [0, 0.05) is 11.4 Å². The summed E-state index contributed by atoms with van der Waals surface area (Å²) >= 11 is 1.59. The standard InChI is InChI=1S/C19H23NO2S/c1-14-11-15(2)13-18(12-14)22-9-10-23-16(3)19(21)20-17-7-5-4-6-8-17/h4-8,11-13,16H,9-10H2,1-3H3,(H,20,21). The van der Waals surface area contributed by atoms with Crippen LogP contribution in [0.15, 0.2) is 48.5 Å². The predicted octanol–water partition coefficient (Wildman–Crippen LogP) is 4.44. The second-order valence-electron chi connectivity index (χ2n) is 5.54. The molecule has 0 aliphatic carbocycles. The van der Waals surface area contributed by atoms with E-state index in [1.807, 2.05) is 49.4 Å². The van der Waals surface area contributed by atoms with Crippen LogP contribution in [0.5, 0.6) is 5.75 Å². The molecule has 0 aliphatic heterocycles. The van der Waals surface area contributed by atoms with E-state index in [4.69, 9.17) is 4.74 Å². The van der Waals surface area contributed by atoms with Crippen LogP contribution in [0, 0.1) is 13.8 Å². The molecule has 122 valence electrons. The van der Waals surface area contributed by atoms with Crippen molar-refractivity contribution in [3.05, 3.63) is 59.7 Å². The Balaban J connectivity index is 1.72. The minimum atomic E-state index is -0.113. The van der Waals surface area contributed by atoms with Crippen molar-refractivity contribution in [1.29, 1.82) is 0 Å². The van der Waals surface area contributed by atoms with Gasteiger partial charge in [0.15, 0.2) is 0 Å². The van der Waals surface area contributed by atoms with Crippen LogP contribution >= 0.6 is 11.8 Å². The average molecular weight is 329 g/mol. The molecular weight excluding hydrogens is 306 g/mol. The summed E-state index contributed by atoms with van der Waals surface area (Å²) in [6.45, 7) is 6.63. The number of thioether (sulfide) groups is 1. The third kappa shape index (κ3) is 5.99. The highest BCUT2D eigenvalue weighted by Gasteiger charge is 2.13. The Kier molecular flexibility index (Phi) is 6.53. The van der Waals surface area contributed by atoms with E-state index in [9.17, 15) is 4.79 Å². The Hall–Kier alpha value is -1.94. The highest BCUT2D eigenvalue weighted by atomic mass is 32.2. The minimum absolute atomic E-state index is 0.0209. The summed E-state index contributed by atoms with van der Waals surface area (Å²) in [6, 6.07) is 15.7. The van der Waals surface area contributed by atoms with Crippen molar-refractivity contribution in [2.24, 2.45) is 0 Å². The van der Waals surface area contributed by atoms with Crippen LogP contribution in [-0.2, 0) is 4.79 Å². The van der Waals surface area contributed by atoms with E-state index >= 15 is 0 Å². The van der Waals surface area contributed by atoms with Crippen LogP contribution in [0.25, 0.3) is 0 Å². The number of benzene rings is 2. The molecular formula is C19H23NO2S. The van der Waals surface area contributed by atoms with Gasteiger partial charge in [0.05, 0.1) is 11.9 Å². The minimum Gasteiger partial charge on any atom is -0.493 e. The quantitative estimate of drug-likeness (QED) is 0.763. The smallest absolute Gasteiger partial charge is 0.237 e. The van der Waals surface area contributed by atoms with E-state index in [1.165, 1.54) is 11.1 Å². The molecule has 0 aliphatic rings. The maximum absolute atomic E-state index is 12.1. The molecule has 2 aromatic rings. The maximum atomic E-state index is 12.1. The van der Waals surface area contributed by atoms with E-state index < -0.39 is 0 Å². The highest BCUT2D eigenvalue weighted by molar-refractivity contribution is 8.00. The number of amides is 1. The number of hydrogen-bond acceptors (Lipinski definition) is 3. The molecule has 0 aromatic heterocycles. The van der Waals surface area contributed by atoms with Crippen molar-refractivity contribution in [2.75, 3.05) is 17.7 Å². The molecule has 1 atom stereocenters. The molecule has 2 rings (SSSR count). The fraction of sp³-hybridized carbons (Fsp3) is 0.316. The van der Waals surface area contributed by atoms with Crippen molar-refractivity contribution >= 4 is 23.4 Å². The lowest BCUT2D eigenvalue weighted by Gasteiger charge is -2.13. The second-order valence-corrected chi connectivity index (χ2v) is 6.99. The van der Waals surface area contributed by atoms with Gasteiger partial charge in [-0.05, 0) is 56.2 Å². The summed E-state index contributed by atoms with van der Waals surface area (Å²) in [4.78, 5) is 12.1. The number of carbonyl (C=O) groups excluding carboxylic acids is 1. The van der Waals surface area contributed by atoms with Crippen LogP contribution in [0.2, 0.25) is 0 Å². The molecule has 0 fully saturated rings. The van der Waals surface area contributed by atoms with Crippen molar-refractivity contribution in [3.8, 4) is 5.75 Å². The van der Waals surface area contributed by atoms with Crippen LogP contribution < -0.4 is 10.1 Å². The third-order valence-electron chi connectivity index (χ3n) is 3.33. The number of carbonyl (C=O) groups is 1. The molecule has 0 bridgehead atoms.